The van der Waals surface area contributed by atoms with Crippen molar-refractivity contribution in [3.8, 4) is 5.75 Å². The molecular weight excluding hydrogens is 412 g/mol. The minimum Gasteiger partial charge on any atom is -0.494 e. The molecule has 174 valence electrons. The van der Waals surface area contributed by atoms with Gasteiger partial charge in [-0.15, -0.1) is 0 Å². The highest BCUT2D eigenvalue weighted by molar-refractivity contribution is 6.23. The van der Waals surface area contributed by atoms with E-state index in [-0.39, 0.29) is 24.0 Å². The summed E-state index contributed by atoms with van der Waals surface area (Å²) < 4.78 is 11.4. The first-order valence-corrected chi connectivity index (χ1v) is 11.6. The van der Waals surface area contributed by atoms with Crippen molar-refractivity contribution in [3.63, 3.8) is 0 Å². The number of rotatable bonds is 13. The van der Waals surface area contributed by atoms with E-state index in [4.69, 9.17) is 9.47 Å². The molecule has 1 saturated heterocycles. The Kier molecular flexibility index (Phi) is 8.79. The van der Waals surface area contributed by atoms with Gasteiger partial charge in [0.1, 0.15) is 11.8 Å². The van der Waals surface area contributed by atoms with Crippen LogP contribution < -0.4 is 10.1 Å². The number of unbranched alkanes of at least 4 members (excludes halogenated alkanes) is 5. The van der Waals surface area contributed by atoms with E-state index in [1.54, 1.807) is 18.2 Å². The maximum Gasteiger partial charge on any atom is 0.262 e. The maximum atomic E-state index is 12.8. The standard InChI is InChI=1S/C24H32N2O6/c1-2-3-4-6-13-31-14-7-5-8-15-32-17-9-10-18-19(16-17)24(30)26(23(18)29)20-11-12-21(27)25-22(20)28/h9-10,16,20H,2-8,11-15H2,1H3,(H,25,27,28). The number of ether oxygens (including phenoxy) is 2. The third kappa shape index (κ3) is 5.94. The molecule has 0 bridgehead atoms. The summed E-state index contributed by atoms with van der Waals surface area (Å²) in [5, 5.41) is 2.19. The smallest absolute Gasteiger partial charge is 0.262 e. The van der Waals surface area contributed by atoms with Crippen molar-refractivity contribution in [2.75, 3.05) is 19.8 Å². The predicted molar refractivity (Wildman–Crippen MR) is 117 cm³/mol. The molecule has 0 aliphatic carbocycles. The topological polar surface area (TPSA) is 102 Å². The Morgan fingerprint density at radius 3 is 2.31 bits per heavy atom. The highest BCUT2D eigenvalue weighted by Crippen LogP contribution is 2.30. The van der Waals surface area contributed by atoms with Gasteiger partial charge in [0.05, 0.1) is 17.7 Å². The van der Waals surface area contributed by atoms with Gasteiger partial charge in [-0.05, 0) is 50.3 Å². The molecule has 0 aromatic heterocycles. The monoisotopic (exact) mass is 444 g/mol. The summed E-state index contributed by atoms with van der Waals surface area (Å²) >= 11 is 0. The zero-order chi connectivity index (χ0) is 22.9. The quantitative estimate of drug-likeness (QED) is 0.370. The second-order valence-corrected chi connectivity index (χ2v) is 8.24. The zero-order valence-electron chi connectivity index (χ0n) is 18.7. The van der Waals surface area contributed by atoms with E-state index in [9.17, 15) is 19.2 Å². The summed E-state index contributed by atoms with van der Waals surface area (Å²) in [6.45, 7) is 4.29. The van der Waals surface area contributed by atoms with E-state index in [0.717, 1.165) is 43.8 Å². The number of amides is 4. The van der Waals surface area contributed by atoms with E-state index >= 15 is 0 Å². The number of carbonyl (C=O) groups excluding carboxylic acids is 4. The van der Waals surface area contributed by atoms with Crippen LogP contribution in [0.3, 0.4) is 0 Å². The largest absolute Gasteiger partial charge is 0.494 e. The highest BCUT2D eigenvalue weighted by Gasteiger charge is 2.44. The lowest BCUT2D eigenvalue weighted by Crippen LogP contribution is -2.54. The zero-order valence-corrected chi connectivity index (χ0v) is 18.7. The minimum atomic E-state index is -0.960. The Bertz CT molecular complexity index is 853. The number of carbonyl (C=O) groups is 4. The van der Waals surface area contributed by atoms with Gasteiger partial charge in [0.15, 0.2) is 0 Å². The van der Waals surface area contributed by atoms with E-state index in [2.05, 4.69) is 12.2 Å². The lowest BCUT2D eigenvalue weighted by Gasteiger charge is -2.27. The molecule has 1 N–H and O–H groups in total. The average Bonchev–Trinajstić information content (AvgIpc) is 3.02. The molecule has 1 unspecified atom stereocenters. The van der Waals surface area contributed by atoms with Gasteiger partial charge in [0, 0.05) is 19.6 Å². The third-order valence-electron chi connectivity index (χ3n) is 5.76. The van der Waals surface area contributed by atoms with Crippen molar-refractivity contribution >= 4 is 23.6 Å². The van der Waals surface area contributed by atoms with Crippen LogP contribution in [-0.2, 0) is 14.3 Å². The molecule has 1 aromatic rings. The number of nitrogens with zero attached hydrogens (tertiary/aromatic N) is 1. The van der Waals surface area contributed by atoms with Crippen LogP contribution in [0.1, 0.15) is 85.4 Å². The number of hydrogen-bond donors (Lipinski definition) is 1. The molecule has 4 amide bonds. The molecule has 2 aliphatic heterocycles. The van der Waals surface area contributed by atoms with Crippen molar-refractivity contribution in [3.05, 3.63) is 29.3 Å². The molecule has 1 aromatic carbocycles. The second-order valence-electron chi connectivity index (χ2n) is 8.24. The van der Waals surface area contributed by atoms with Gasteiger partial charge in [-0.2, -0.15) is 0 Å². The molecule has 0 radical (unpaired) electrons. The van der Waals surface area contributed by atoms with Crippen LogP contribution in [0, 0.1) is 0 Å². The Morgan fingerprint density at radius 1 is 0.906 bits per heavy atom. The lowest BCUT2D eigenvalue weighted by molar-refractivity contribution is -0.136. The van der Waals surface area contributed by atoms with Crippen LogP contribution in [0.4, 0.5) is 0 Å². The normalized spacial score (nSPS) is 18.2. The Balaban J connectivity index is 1.42. The third-order valence-corrected chi connectivity index (χ3v) is 5.76. The number of imide groups is 2. The summed E-state index contributed by atoms with van der Waals surface area (Å²) in [6.07, 6.45) is 7.91. The molecule has 0 saturated carbocycles. The SMILES string of the molecule is CCCCCCOCCCCCOc1ccc2c(c1)C(=O)N(C1CCC(=O)NC1=O)C2=O. The number of nitrogens with one attached hydrogen (secondary N) is 1. The molecule has 32 heavy (non-hydrogen) atoms. The number of fused-ring (bicyclic) bond motifs is 1. The summed E-state index contributed by atoms with van der Waals surface area (Å²) in [5.41, 5.74) is 0.483. The van der Waals surface area contributed by atoms with Crippen LogP contribution in [0.5, 0.6) is 5.75 Å². The van der Waals surface area contributed by atoms with Crippen molar-refractivity contribution in [1.29, 1.82) is 0 Å². The summed E-state index contributed by atoms with van der Waals surface area (Å²) in [5.74, 6) is -1.53. The van der Waals surface area contributed by atoms with Gasteiger partial charge >= 0.3 is 0 Å². The highest BCUT2D eigenvalue weighted by atomic mass is 16.5. The number of benzene rings is 1. The second kappa shape index (κ2) is 11.8. The fourth-order valence-corrected chi connectivity index (χ4v) is 3.95. The average molecular weight is 445 g/mol. The van der Waals surface area contributed by atoms with E-state index in [0.29, 0.717) is 12.4 Å². The van der Waals surface area contributed by atoms with Crippen molar-refractivity contribution in [2.24, 2.45) is 0 Å². The van der Waals surface area contributed by atoms with Gasteiger partial charge in [-0.3, -0.25) is 29.4 Å². The van der Waals surface area contributed by atoms with Gasteiger partial charge in [-0.25, -0.2) is 0 Å². The van der Waals surface area contributed by atoms with Crippen LogP contribution in [-0.4, -0.2) is 54.4 Å². The summed E-state index contributed by atoms with van der Waals surface area (Å²) in [7, 11) is 0. The first-order chi connectivity index (χ1) is 15.5. The number of piperidine rings is 1. The molecule has 2 heterocycles. The molecule has 8 nitrogen and oxygen atoms in total. The minimum absolute atomic E-state index is 0.0993. The van der Waals surface area contributed by atoms with E-state index in [1.807, 2.05) is 0 Å². The summed E-state index contributed by atoms with van der Waals surface area (Å²) in [4.78, 5) is 49.9. The van der Waals surface area contributed by atoms with Gasteiger partial charge in [0.25, 0.3) is 11.8 Å². The first kappa shape index (κ1) is 23.9. The lowest BCUT2D eigenvalue weighted by atomic mass is 10.0. The van der Waals surface area contributed by atoms with Gasteiger partial charge in [0.2, 0.25) is 11.8 Å². The predicted octanol–water partition coefficient (Wildman–Crippen LogP) is 3.23. The molecule has 0 spiro atoms. The Labute approximate surface area is 188 Å². The van der Waals surface area contributed by atoms with E-state index < -0.39 is 29.7 Å². The molecule has 1 atom stereocenters. The van der Waals surface area contributed by atoms with Crippen LogP contribution in [0.15, 0.2) is 18.2 Å². The Morgan fingerprint density at radius 2 is 1.59 bits per heavy atom. The van der Waals surface area contributed by atoms with Crippen LogP contribution >= 0.6 is 0 Å². The van der Waals surface area contributed by atoms with Crippen LogP contribution in [0.2, 0.25) is 0 Å². The number of hydrogen-bond acceptors (Lipinski definition) is 6. The van der Waals surface area contributed by atoms with Crippen molar-refractivity contribution in [1.82, 2.24) is 10.2 Å². The van der Waals surface area contributed by atoms with Crippen molar-refractivity contribution < 1.29 is 28.7 Å². The molecule has 2 aliphatic rings. The fraction of sp³-hybridized carbons (Fsp3) is 0.583. The van der Waals surface area contributed by atoms with Gasteiger partial charge < -0.3 is 9.47 Å². The van der Waals surface area contributed by atoms with Crippen LogP contribution in [0.25, 0.3) is 0 Å². The molecular formula is C24H32N2O6. The first-order valence-electron chi connectivity index (χ1n) is 11.6. The molecule has 3 rings (SSSR count). The molecule has 8 heteroatoms. The van der Waals surface area contributed by atoms with Crippen molar-refractivity contribution in [2.45, 2.75) is 70.8 Å². The van der Waals surface area contributed by atoms with Gasteiger partial charge in [-0.1, -0.05) is 26.2 Å². The fourth-order valence-electron chi connectivity index (χ4n) is 3.95. The Hall–Kier alpha value is -2.74. The maximum absolute atomic E-state index is 12.8. The molecule has 1 fully saturated rings. The van der Waals surface area contributed by atoms with E-state index in [1.165, 1.54) is 19.3 Å². The summed E-state index contributed by atoms with van der Waals surface area (Å²) in [6, 6.07) is 3.82.